The maximum Gasteiger partial charge on any atom is 0.223 e. The van der Waals surface area contributed by atoms with E-state index in [9.17, 15) is 4.79 Å². The molecule has 0 saturated carbocycles. The maximum atomic E-state index is 12.3. The van der Waals surface area contributed by atoms with Crippen LogP contribution in [0, 0.1) is 6.92 Å². The largest absolute Gasteiger partial charge is 0.352 e. The minimum atomic E-state index is 0.101. The fourth-order valence-electron chi connectivity index (χ4n) is 3.54. The van der Waals surface area contributed by atoms with E-state index in [2.05, 4.69) is 39.7 Å². The molecule has 3 aromatic rings. The molecule has 132 valence electrons. The third-order valence-corrected chi connectivity index (χ3v) is 4.92. The Balaban J connectivity index is 1.32. The molecule has 5 heteroatoms. The molecule has 0 aliphatic heterocycles. The number of fused-ring (bicyclic) bond motifs is 1. The first-order chi connectivity index (χ1) is 12.7. The molecule has 1 heterocycles. The number of rotatable bonds is 5. The Morgan fingerprint density at radius 3 is 2.77 bits per heavy atom. The van der Waals surface area contributed by atoms with E-state index < -0.39 is 0 Å². The van der Waals surface area contributed by atoms with Gasteiger partial charge in [0.05, 0.1) is 0 Å². The first-order valence-electron chi connectivity index (χ1n) is 8.93. The van der Waals surface area contributed by atoms with Crippen molar-refractivity contribution in [3.05, 3.63) is 71.1 Å². The number of carbonyl (C=O) groups is 1. The van der Waals surface area contributed by atoms with Gasteiger partial charge in [0.15, 0.2) is 0 Å². The Hall–Kier alpha value is -2.95. The molecule has 5 nitrogen and oxygen atoms in total. The van der Waals surface area contributed by atoms with Crippen LogP contribution in [0.15, 0.2) is 53.1 Å². The van der Waals surface area contributed by atoms with Gasteiger partial charge in [0.25, 0.3) is 0 Å². The quantitative estimate of drug-likeness (QED) is 0.763. The molecule has 2 aromatic carbocycles. The van der Waals surface area contributed by atoms with Gasteiger partial charge in [-0.2, -0.15) is 4.98 Å². The molecule has 26 heavy (non-hydrogen) atoms. The lowest BCUT2D eigenvalue weighted by Crippen LogP contribution is -2.24. The highest BCUT2D eigenvalue weighted by atomic mass is 16.5. The van der Waals surface area contributed by atoms with Crippen LogP contribution in [0.1, 0.15) is 41.3 Å². The van der Waals surface area contributed by atoms with E-state index in [4.69, 9.17) is 4.52 Å². The second-order valence-corrected chi connectivity index (χ2v) is 6.75. The normalized spacial score (nSPS) is 15.7. The topological polar surface area (TPSA) is 68.0 Å². The number of aromatic nitrogens is 2. The van der Waals surface area contributed by atoms with E-state index >= 15 is 0 Å². The minimum Gasteiger partial charge on any atom is -0.352 e. The van der Waals surface area contributed by atoms with Crippen molar-refractivity contribution in [2.24, 2.45) is 0 Å². The Kier molecular flexibility index (Phi) is 4.52. The molecule has 0 fully saturated rings. The molecule has 0 spiro atoms. The van der Waals surface area contributed by atoms with E-state index in [0.717, 1.165) is 24.0 Å². The van der Waals surface area contributed by atoms with Crippen molar-refractivity contribution in [3.63, 3.8) is 0 Å². The lowest BCUT2D eigenvalue weighted by molar-refractivity contribution is -0.121. The zero-order valence-corrected chi connectivity index (χ0v) is 14.7. The summed E-state index contributed by atoms with van der Waals surface area (Å²) in [6.07, 6.45) is 2.69. The number of carbonyl (C=O) groups excluding carboxylic acids is 1. The van der Waals surface area contributed by atoms with Gasteiger partial charge in [0, 0.05) is 25.5 Å². The number of nitrogens with one attached hydrogen (secondary N) is 1. The SMILES string of the molecule is Cc1nc(-c2ccc(CNC(=O)C[C@@H]3CCc4ccccc43)cc2)no1. The predicted molar refractivity (Wildman–Crippen MR) is 98.4 cm³/mol. The van der Waals surface area contributed by atoms with E-state index in [1.807, 2.05) is 24.3 Å². The lowest BCUT2D eigenvalue weighted by Gasteiger charge is -2.12. The van der Waals surface area contributed by atoms with Gasteiger partial charge < -0.3 is 9.84 Å². The van der Waals surface area contributed by atoms with Crippen LogP contribution >= 0.6 is 0 Å². The van der Waals surface area contributed by atoms with E-state index in [-0.39, 0.29) is 5.91 Å². The van der Waals surface area contributed by atoms with Crippen LogP contribution in [0.25, 0.3) is 11.4 Å². The summed E-state index contributed by atoms with van der Waals surface area (Å²) in [5.41, 5.74) is 4.67. The molecular weight excluding hydrogens is 326 g/mol. The van der Waals surface area contributed by atoms with Crippen molar-refractivity contribution in [2.75, 3.05) is 0 Å². The molecule has 0 unspecified atom stereocenters. The van der Waals surface area contributed by atoms with Gasteiger partial charge in [-0.25, -0.2) is 0 Å². The summed E-state index contributed by atoms with van der Waals surface area (Å²) in [5.74, 6) is 1.57. The van der Waals surface area contributed by atoms with Crippen molar-refractivity contribution in [1.82, 2.24) is 15.5 Å². The van der Waals surface area contributed by atoms with Crippen LogP contribution in [0.4, 0.5) is 0 Å². The smallest absolute Gasteiger partial charge is 0.223 e. The van der Waals surface area contributed by atoms with Gasteiger partial charge in [-0.1, -0.05) is 53.7 Å². The zero-order valence-electron chi connectivity index (χ0n) is 14.7. The number of aryl methyl sites for hydroxylation is 2. The van der Waals surface area contributed by atoms with Crippen molar-refractivity contribution in [2.45, 2.75) is 38.6 Å². The molecule has 4 rings (SSSR count). The number of hydrogen-bond acceptors (Lipinski definition) is 4. The Bertz CT molecular complexity index is 915. The summed E-state index contributed by atoms with van der Waals surface area (Å²) in [6.45, 7) is 2.29. The summed E-state index contributed by atoms with van der Waals surface area (Å²) < 4.78 is 5.00. The fraction of sp³-hybridized carbons (Fsp3) is 0.286. The third-order valence-electron chi connectivity index (χ3n) is 4.92. The van der Waals surface area contributed by atoms with Crippen LogP contribution in [-0.2, 0) is 17.8 Å². The highest BCUT2D eigenvalue weighted by Gasteiger charge is 2.23. The van der Waals surface area contributed by atoms with Gasteiger partial charge in [-0.05, 0) is 35.4 Å². The van der Waals surface area contributed by atoms with Crippen molar-refractivity contribution >= 4 is 5.91 Å². The van der Waals surface area contributed by atoms with Gasteiger partial charge in [-0.3, -0.25) is 4.79 Å². The first kappa shape index (κ1) is 16.5. The van der Waals surface area contributed by atoms with Crippen LogP contribution < -0.4 is 5.32 Å². The van der Waals surface area contributed by atoms with Gasteiger partial charge in [0.1, 0.15) is 0 Å². The van der Waals surface area contributed by atoms with Gasteiger partial charge >= 0.3 is 0 Å². The minimum absolute atomic E-state index is 0.101. The fourth-order valence-corrected chi connectivity index (χ4v) is 3.54. The monoisotopic (exact) mass is 347 g/mol. The second-order valence-electron chi connectivity index (χ2n) is 6.75. The molecule has 1 aliphatic carbocycles. The Labute approximate surface area is 152 Å². The Morgan fingerprint density at radius 2 is 2.00 bits per heavy atom. The molecule has 0 saturated heterocycles. The zero-order chi connectivity index (χ0) is 17.9. The van der Waals surface area contributed by atoms with Crippen LogP contribution in [-0.4, -0.2) is 16.0 Å². The van der Waals surface area contributed by atoms with Gasteiger partial charge in [0.2, 0.25) is 17.6 Å². The van der Waals surface area contributed by atoms with Gasteiger partial charge in [-0.15, -0.1) is 0 Å². The second kappa shape index (κ2) is 7.12. The number of benzene rings is 2. The van der Waals surface area contributed by atoms with E-state index in [1.165, 1.54) is 11.1 Å². The highest BCUT2D eigenvalue weighted by Crippen LogP contribution is 2.35. The average molecular weight is 347 g/mol. The molecule has 0 bridgehead atoms. The summed E-state index contributed by atoms with van der Waals surface area (Å²) in [5, 5.41) is 6.94. The molecule has 1 N–H and O–H groups in total. The highest BCUT2D eigenvalue weighted by molar-refractivity contribution is 5.77. The molecule has 1 aromatic heterocycles. The standard InChI is InChI=1S/C21H21N3O2/c1-14-23-21(24-26-14)17-8-6-15(7-9-17)13-22-20(25)12-18-11-10-16-4-2-3-5-19(16)18/h2-9,18H,10-13H2,1H3,(H,22,25)/t18-/m0/s1. The molecule has 0 radical (unpaired) electrons. The molecular formula is C21H21N3O2. The first-order valence-corrected chi connectivity index (χ1v) is 8.93. The van der Waals surface area contributed by atoms with Crippen LogP contribution in [0.2, 0.25) is 0 Å². The van der Waals surface area contributed by atoms with Crippen LogP contribution in [0.3, 0.4) is 0 Å². The van der Waals surface area contributed by atoms with Crippen molar-refractivity contribution in [3.8, 4) is 11.4 Å². The molecule has 1 aliphatic rings. The molecule has 1 amide bonds. The van der Waals surface area contributed by atoms with E-state index in [0.29, 0.717) is 30.6 Å². The predicted octanol–water partition coefficient (Wildman–Crippen LogP) is 3.78. The maximum absolute atomic E-state index is 12.3. The summed E-state index contributed by atoms with van der Waals surface area (Å²) in [4.78, 5) is 16.5. The summed E-state index contributed by atoms with van der Waals surface area (Å²) in [7, 11) is 0. The Morgan fingerprint density at radius 1 is 1.19 bits per heavy atom. The summed E-state index contributed by atoms with van der Waals surface area (Å²) >= 11 is 0. The van der Waals surface area contributed by atoms with Crippen molar-refractivity contribution in [1.29, 1.82) is 0 Å². The third kappa shape index (κ3) is 3.52. The van der Waals surface area contributed by atoms with Crippen LogP contribution in [0.5, 0.6) is 0 Å². The molecule has 1 atom stereocenters. The average Bonchev–Trinajstić information content (AvgIpc) is 3.27. The number of hydrogen-bond donors (Lipinski definition) is 1. The van der Waals surface area contributed by atoms with E-state index in [1.54, 1.807) is 6.92 Å². The summed E-state index contributed by atoms with van der Waals surface area (Å²) in [6, 6.07) is 16.3. The number of amides is 1. The van der Waals surface area contributed by atoms with Crippen molar-refractivity contribution < 1.29 is 9.32 Å². The number of nitrogens with zero attached hydrogens (tertiary/aromatic N) is 2. The lowest BCUT2D eigenvalue weighted by atomic mass is 9.97.